The molecule has 2 heterocycles. The van der Waals surface area contributed by atoms with Crippen LogP contribution in [-0.4, -0.2) is 21.3 Å². The summed E-state index contributed by atoms with van der Waals surface area (Å²) in [5, 5.41) is 12.0. The minimum absolute atomic E-state index is 0.336. The Balaban J connectivity index is 1.69. The number of benzene rings is 2. The fraction of sp³-hybridized carbons (Fsp3) is 0.176. The van der Waals surface area contributed by atoms with E-state index in [1.54, 1.807) is 6.33 Å². The van der Waals surface area contributed by atoms with Gasteiger partial charge in [-0.25, -0.2) is 0 Å². The van der Waals surface area contributed by atoms with Gasteiger partial charge in [0.2, 0.25) is 0 Å². The van der Waals surface area contributed by atoms with Crippen molar-refractivity contribution in [1.29, 1.82) is 0 Å². The Kier molecular flexibility index (Phi) is 2.92. The lowest BCUT2D eigenvalue weighted by atomic mass is 9.93. The molecule has 1 N–H and O–H groups in total. The van der Waals surface area contributed by atoms with E-state index in [0.29, 0.717) is 5.92 Å². The highest BCUT2D eigenvalue weighted by Crippen LogP contribution is 2.30. The summed E-state index contributed by atoms with van der Waals surface area (Å²) in [6, 6.07) is 18.7. The predicted molar refractivity (Wildman–Crippen MR) is 82.7 cm³/mol. The van der Waals surface area contributed by atoms with E-state index < -0.39 is 0 Å². The highest BCUT2D eigenvalue weighted by atomic mass is 15.3. The van der Waals surface area contributed by atoms with Gasteiger partial charge in [-0.2, -0.15) is 0 Å². The minimum atomic E-state index is 0.336. The standard InChI is InChI=1S/C17H16N4/c1-2-7-15(8-3-1)21-12-19-20-17(21)14-10-13-6-4-5-9-16(13)18-11-14/h1-9,12,14,18H,10-11H2. The highest BCUT2D eigenvalue weighted by Gasteiger charge is 2.24. The lowest BCUT2D eigenvalue weighted by Crippen LogP contribution is -2.24. The molecule has 1 unspecified atom stereocenters. The number of hydrogen-bond donors (Lipinski definition) is 1. The molecule has 1 aromatic heterocycles. The summed E-state index contributed by atoms with van der Waals surface area (Å²) < 4.78 is 2.08. The summed E-state index contributed by atoms with van der Waals surface area (Å²) in [5.74, 6) is 1.35. The van der Waals surface area contributed by atoms with Crippen molar-refractivity contribution in [2.75, 3.05) is 11.9 Å². The quantitative estimate of drug-likeness (QED) is 0.782. The van der Waals surface area contributed by atoms with Crippen LogP contribution in [0, 0.1) is 0 Å². The van der Waals surface area contributed by atoms with Crippen LogP contribution in [0.5, 0.6) is 0 Å². The molecule has 2 aromatic carbocycles. The molecule has 0 bridgehead atoms. The fourth-order valence-electron chi connectivity index (χ4n) is 2.93. The number of nitrogens with zero attached hydrogens (tertiary/aromatic N) is 3. The second-order valence-corrected chi connectivity index (χ2v) is 5.33. The topological polar surface area (TPSA) is 42.7 Å². The van der Waals surface area contributed by atoms with Crippen LogP contribution in [0.1, 0.15) is 17.3 Å². The van der Waals surface area contributed by atoms with Crippen molar-refractivity contribution in [1.82, 2.24) is 14.8 Å². The average molecular weight is 276 g/mol. The Bertz CT molecular complexity index is 748. The molecular weight excluding hydrogens is 260 g/mol. The molecule has 0 radical (unpaired) electrons. The first-order valence-corrected chi connectivity index (χ1v) is 7.19. The van der Waals surface area contributed by atoms with Crippen LogP contribution in [-0.2, 0) is 6.42 Å². The summed E-state index contributed by atoms with van der Waals surface area (Å²) in [6.45, 7) is 0.891. The molecular formula is C17H16N4. The Morgan fingerprint density at radius 2 is 1.81 bits per heavy atom. The molecule has 104 valence electrons. The molecule has 4 heteroatoms. The number of hydrogen-bond acceptors (Lipinski definition) is 3. The number of aromatic nitrogens is 3. The molecule has 0 aliphatic carbocycles. The molecule has 1 aliphatic heterocycles. The van der Waals surface area contributed by atoms with E-state index in [4.69, 9.17) is 0 Å². The maximum atomic E-state index is 4.36. The monoisotopic (exact) mass is 276 g/mol. The van der Waals surface area contributed by atoms with Crippen LogP contribution >= 0.6 is 0 Å². The van der Waals surface area contributed by atoms with Gasteiger partial charge in [-0.1, -0.05) is 36.4 Å². The lowest BCUT2D eigenvalue weighted by molar-refractivity contribution is 0.633. The van der Waals surface area contributed by atoms with E-state index in [1.807, 2.05) is 18.2 Å². The smallest absolute Gasteiger partial charge is 0.142 e. The van der Waals surface area contributed by atoms with Crippen molar-refractivity contribution in [2.24, 2.45) is 0 Å². The van der Waals surface area contributed by atoms with Crippen molar-refractivity contribution >= 4 is 5.69 Å². The van der Waals surface area contributed by atoms with Gasteiger partial charge in [0.15, 0.2) is 0 Å². The van der Waals surface area contributed by atoms with Crippen molar-refractivity contribution < 1.29 is 0 Å². The maximum Gasteiger partial charge on any atom is 0.142 e. The largest absolute Gasteiger partial charge is 0.384 e. The zero-order valence-electron chi connectivity index (χ0n) is 11.6. The Morgan fingerprint density at radius 1 is 1.00 bits per heavy atom. The third kappa shape index (κ3) is 2.18. The zero-order chi connectivity index (χ0) is 14.1. The third-order valence-corrected chi connectivity index (χ3v) is 4.00. The van der Waals surface area contributed by atoms with Crippen LogP contribution in [0.4, 0.5) is 5.69 Å². The average Bonchev–Trinajstić information content (AvgIpc) is 3.05. The second-order valence-electron chi connectivity index (χ2n) is 5.33. The van der Waals surface area contributed by atoms with Gasteiger partial charge in [-0.15, -0.1) is 10.2 Å². The van der Waals surface area contributed by atoms with E-state index in [9.17, 15) is 0 Å². The Morgan fingerprint density at radius 3 is 2.71 bits per heavy atom. The van der Waals surface area contributed by atoms with Crippen LogP contribution in [0.25, 0.3) is 5.69 Å². The summed E-state index contributed by atoms with van der Waals surface area (Å²) in [5.41, 5.74) is 3.69. The SMILES string of the molecule is c1ccc(-n2cnnc2C2CNc3ccccc3C2)cc1. The summed E-state index contributed by atoms with van der Waals surface area (Å²) in [6.07, 6.45) is 2.79. The molecule has 0 spiro atoms. The summed E-state index contributed by atoms with van der Waals surface area (Å²) >= 11 is 0. The van der Waals surface area contributed by atoms with Gasteiger partial charge in [-0.3, -0.25) is 4.57 Å². The van der Waals surface area contributed by atoms with Gasteiger partial charge in [0.05, 0.1) is 0 Å². The Hall–Kier alpha value is -2.62. The molecule has 0 saturated heterocycles. The minimum Gasteiger partial charge on any atom is -0.384 e. The van der Waals surface area contributed by atoms with Crippen molar-refractivity contribution in [3.05, 3.63) is 72.3 Å². The van der Waals surface area contributed by atoms with Gasteiger partial charge in [0.25, 0.3) is 0 Å². The zero-order valence-corrected chi connectivity index (χ0v) is 11.6. The summed E-state index contributed by atoms with van der Waals surface area (Å²) in [7, 11) is 0. The fourth-order valence-corrected chi connectivity index (χ4v) is 2.93. The van der Waals surface area contributed by atoms with Gasteiger partial charge < -0.3 is 5.32 Å². The van der Waals surface area contributed by atoms with Gasteiger partial charge in [-0.05, 0) is 30.2 Å². The molecule has 0 fully saturated rings. The molecule has 1 aliphatic rings. The van der Waals surface area contributed by atoms with Crippen LogP contribution < -0.4 is 5.32 Å². The first kappa shape index (κ1) is 12.1. The molecule has 3 aromatic rings. The van der Waals surface area contributed by atoms with Crippen LogP contribution in [0.2, 0.25) is 0 Å². The van der Waals surface area contributed by atoms with E-state index in [1.165, 1.54) is 11.3 Å². The molecule has 0 saturated carbocycles. The van der Waals surface area contributed by atoms with Gasteiger partial charge >= 0.3 is 0 Å². The third-order valence-electron chi connectivity index (χ3n) is 4.00. The lowest BCUT2D eigenvalue weighted by Gasteiger charge is -2.25. The normalized spacial score (nSPS) is 17.0. The number of fused-ring (bicyclic) bond motifs is 1. The molecule has 4 rings (SSSR count). The number of nitrogens with one attached hydrogen (secondary N) is 1. The predicted octanol–water partition coefficient (Wildman–Crippen LogP) is 3.02. The summed E-state index contributed by atoms with van der Waals surface area (Å²) in [4.78, 5) is 0. The number of rotatable bonds is 2. The Labute approximate surface area is 123 Å². The highest BCUT2D eigenvalue weighted by molar-refractivity contribution is 5.54. The van der Waals surface area contributed by atoms with Crippen molar-refractivity contribution in [3.63, 3.8) is 0 Å². The molecule has 1 atom stereocenters. The first-order valence-electron chi connectivity index (χ1n) is 7.19. The molecule has 0 amide bonds. The van der Waals surface area contributed by atoms with E-state index in [-0.39, 0.29) is 0 Å². The number of para-hydroxylation sites is 2. The van der Waals surface area contributed by atoms with E-state index >= 15 is 0 Å². The van der Waals surface area contributed by atoms with E-state index in [2.05, 4.69) is 56.5 Å². The second kappa shape index (κ2) is 5.05. The van der Waals surface area contributed by atoms with Crippen LogP contribution in [0.15, 0.2) is 60.9 Å². The maximum absolute atomic E-state index is 4.36. The van der Waals surface area contributed by atoms with Crippen LogP contribution in [0.3, 0.4) is 0 Å². The molecule has 4 nitrogen and oxygen atoms in total. The van der Waals surface area contributed by atoms with Crippen molar-refractivity contribution in [2.45, 2.75) is 12.3 Å². The first-order chi connectivity index (χ1) is 10.4. The number of anilines is 1. The van der Waals surface area contributed by atoms with Gasteiger partial charge in [0.1, 0.15) is 12.2 Å². The van der Waals surface area contributed by atoms with Gasteiger partial charge in [0, 0.05) is 23.8 Å². The van der Waals surface area contributed by atoms with E-state index in [0.717, 1.165) is 24.5 Å². The van der Waals surface area contributed by atoms with Crippen molar-refractivity contribution in [3.8, 4) is 5.69 Å². The molecule has 21 heavy (non-hydrogen) atoms.